The number of aromatic nitrogens is 2. The minimum absolute atomic E-state index is 0.0577. The van der Waals surface area contributed by atoms with Gasteiger partial charge in [-0.1, -0.05) is 0 Å². The largest absolute Gasteiger partial charge is 0.477 e. The first-order valence-electron chi connectivity index (χ1n) is 4.04. The number of aromatic amines is 1. The molecule has 14 heavy (non-hydrogen) atoms. The van der Waals surface area contributed by atoms with Gasteiger partial charge in [0.15, 0.2) is 0 Å². The first kappa shape index (κ1) is 8.55. The summed E-state index contributed by atoms with van der Waals surface area (Å²) in [6, 6.07) is 5.10. The van der Waals surface area contributed by atoms with Crippen LogP contribution in [0.1, 0.15) is 0 Å². The molecule has 0 spiro atoms. The quantitative estimate of drug-likeness (QED) is 0.643. The van der Waals surface area contributed by atoms with E-state index in [4.69, 9.17) is 10.5 Å². The van der Waals surface area contributed by atoms with E-state index in [-0.39, 0.29) is 11.4 Å². The Morgan fingerprint density at radius 3 is 3.00 bits per heavy atom. The third-order valence-electron chi connectivity index (χ3n) is 1.88. The molecule has 0 atom stereocenters. The Balaban J connectivity index is 2.79. The van der Waals surface area contributed by atoms with E-state index in [2.05, 4.69) is 9.97 Å². The Morgan fingerprint density at radius 2 is 2.29 bits per heavy atom. The van der Waals surface area contributed by atoms with Crippen LogP contribution in [0.5, 0.6) is 5.88 Å². The predicted molar refractivity (Wildman–Crippen MR) is 53.3 cm³/mol. The van der Waals surface area contributed by atoms with E-state index in [1.165, 1.54) is 7.11 Å². The lowest BCUT2D eigenvalue weighted by Gasteiger charge is -2.01. The molecule has 0 unspecified atom stereocenters. The maximum absolute atomic E-state index is 11.3. The zero-order valence-corrected chi connectivity index (χ0v) is 7.57. The summed E-state index contributed by atoms with van der Waals surface area (Å²) < 4.78 is 4.80. The highest BCUT2D eigenvalue weighted by Crippen LogP contribution is 2.13. The number of hydrogen-bond donors (Lipinski definition) is 2. The number of hydrogen-bond acceptors (Lipinski definition) is 4. The van der Waals surface area contributed by atoms with Gasteiger partial charge in [-0.2, -0.15) is 0 Å². The van der Waals surface area contributed by atoms with E-state index >= 15 is 0 Å². The van der Waals surface area contributed by atoms with Crippen molar-refractivity contribution in [3.63, 3.8) is 0 Å². The van der Waals surface area contributed by atoms with Crippen LogP contribution in [-0.2, 0) is 0 Å². The molecular formula is C9H9N3O2. The zero-order chi connectivity index (χ0) is 10.1. The Hall–Kier alpha value is -2.04. The molecule has 2 aromatic rings. The molecular weight excluding hydrogens is 182 g/mol. The first-order valence-corrected chi connectivity index (χ1v) is 4.04. The molecule has 0 aliphatic carbocycles. The van der Waals surface area contributed by atoms with E-state index < -0.39 is 0 Å². The lowest BCUT2D eigenvalue weighted by atomic mass is 10.3. The lowest BCUT2D eigenvalue weighted by Crippen LogP contribution is -2.11. The van der Waals surface area contributed by atoms with Crippen molar-refractivity contribution in [2.45, 2.75) is 0 Å². The Labute approximate surface area is 79.5 Å². The van der Waals surface area contributed by atoms with Crippen LogP contribution in [-0.4, -0.2) is 17.1 Å². The van der Waals surface area contributed by atoms with Gasteiger partial charge in [-0.05, 0) is 18.2 Å². The van der Waals surface area contributed by atoms with Gasteiger partial charge in [-0.15, -0.1) is 0 Å². The van der Waals surface area contributed by atoms with Crippen molar-refractivity contribution >= 4 is 16.7 Å². The number of rotatable bonds is 1. The summed E-state index contributed by atoms with van der Waals surface area (Å²) in [6.45, 7) is 0. The third kappa shape index (κ3) is 1.28. The van der Waals surface area contributed by atoms with Crippen molar-refractivity contribution < 1.29 is 4.74 Å². The smallest absolute Gasteiger partial charge is 0.311 e. The summed E-state index contributed by atoms with van der Waals surface area (Å²) in [4.78, 5) is 17.9. The third-order valence-corrected chi connectivity index (χ3v) is 1.88. The standard InChI is InChI=1S/C9H9N3O2/c1-14-9-8(13)11-7-4-5(10)2-3-6(7)12-9/h2-4H,10H2,1H3,(H,11,13). The molecule has 2 rings (SSSR count). The van der Waals surface area contributed by atoms with E-state index in [1.54, 1.807) is 18.2 Å². The van der Waals surface area contributed by atoms with Crippen molar-refractivity contribution in [3.05, 3.63) is 28.6 Å². The molecule has 0 amide bonds. The zero-order valence-electron chi connectivity index (χ0n) is 7.57. The second-order valence-corrected chi connectivity index (χ2v) is 2.85. The molecule has 0 bridgehead atoms. The van der Waals surface area contributed by atoms with Crippen molar-refractivity contribution in [1.82, 2.24) is 9.97 Å². The van der Waals surface area contributed by atoms with E-state index in [0.717, 1.165) is 0 Å². The highest BCUT2D eigenvalue weighted by Gasteiger charge is 2.03. The molecule has 0 saturated carbocycles. The van der Waals surface area contributed by atoms with Crippen LogP contribution < -0.4 is 16.0 Å². The highest BCUT2D eigenvalue weighted by atomic mass is 16.5. The summed E-state index contributed by atoms with van der Waals surface area (Å²) in [6.07, 6.45) is 0. The number of ether oxygens (including phenoxy) is 1. The van der Waals surface area contributed by atoms with Crippen LogP contribution in [0.25, 0.3) is 11.0 Å². The Bertz CT molecular complexity index is 533. The SMILES string of the molecule is COc1nc2ccc(N)cc2[nH]c1=O. The topological polar surface area (TPSA) is 81.0 Å². The summed E-state index contributed by atoms with van der Waals surface area (Å²) in [5.41, 5.74) is 7.05. The average molecular weight is 191 g/mol. The number of nitrogens with one attached hydrogen (secondary N) is 1. The summed E-state index contributed by atoms with van der Waals surface area (Å²) >= 11 is 0. The molecule has 3 N–H and O–H groups in total. The Morgan fingerprint density at radius 1 is 1.50 bits per heavy atom. The van der Waals surface area contributed by atoms with Crippen molar-refractivity contribution in [1.29, 1.82) is 0 Å². The number of fused-ring (bicyclic) bond motifs is 1. The van der Waals surface area contributed by atoms with Gasteiger partial charge in [-0.3, -0.25) is 4.79 Å². The van der Waals surface area contributed by atoms with Crippen molar-refractivity contribution in [3.8, 4) is 5.88 Å². The molecule has 0 saturated heterocycles. The molecule has 5 nitrogen and oxygen atoms in total. The van der Waals surface area contributed by atoms with Gasteiger partial charge in [0.2, 0.25) is 0 Å². The number of nitrogens with zero attached hydrogens (tertiary/aromatic N) is 1. The fourth-order valence-corrected chi connectivity index (χ4v) is 1.23. The van der Waals surface area contributed by atoms with E-state index in [0.29, 0.717) is 16.7 Å². The summed E-state index contributed by atoms with van der Waals surface area (Å²) in [5.74, 6) is 0.0577. The van der Waals surface area contributed by atoms with E-state index in [9.17, 15) is 4.79 Å². The van der Waals surface area contributed by atoms with Crippen LogP contribution in [0.2, 0.25) is 0 Å². The molecule has 0 fully saturated rings. The number of benzene rings is 1. The average Bonchev–Trinajstić information content (AvgIpc) is 2.16. The molecule has 0 radical (unpaired) electrons. The van der Waals surface area contributed by atoms with Gasteiger partial charge in [0.1, 0.15) is 0 Å². The fraction of sp³-hybridized carbons (Fsp3) is 0.111. The molecule has 1 heterocycles. The van der Waals surface area contributed by atoms with Gasteiger partial charge < -0.3 is 15.5 Å². The number of H-pyrrole nitrogens is 1. The van der Waals surface area contributed by atoms with Crippen molar-refractivity contribution in [2.75, 3.05) is 12.8 Å². The highest BCUT2D eigenvalue weighted by molar-refractivity contribution is 5.78. The second kappa shape index (κ2) is 3.02. The van der Waals surface area contributed by atoms with Crippen LogP contribution >= 0.6 is 0 Å². The monoisotopic (exact) mass is 191 g/mol. The predicted octanol–water partition coefficient (Wildman–Crippen LogP) is 0.514. The maximum atomic E-state index is 11.3. The molecule has 72 valence electrons. The number of methoxy groups -OCH3 is 1. The minimum atomic E-state index is -0.356. The minimum Gasteiger partial charge on any atom is -0.477 e. The molecule has 0 aliphatic heterocycles. The van der Waals surface area contributed by atoms with Crippen LogP contribution in [0.15, 0.2) is 23.0 Å². The number of nitrogen functional groups attached to an aromatic ring is 1. The molecule has 1 aromatic heterocycles. The van der Waals surface area contributed by atoms with Gasteiger partial charge >= 0.3 is 5.56 Å². The Kier molecular flexibility index (Phi) is 1.85. The van der Waals surface area contributed by atoms with Crippen LogP contribution in [0.3, 0.4) is 0 Å². The van der Waals surface area contributed by atoms with Gasteiger partial charge in [0.25, 0.3) is 5.88 Å². The fourth-order valence-electron chi connectivity index (χ4n) is 1.23. The summed E-state index contributed by atoms with van der Waals surface area (Å²) in [5, 5.41) is 0. The lowest BCUT2D eigenvalue weighted by molar-refractivity contribution is 0.393. The maximum Gasteiger partial charge on any atom is 0.311 e. The molecule has 0 aliphatic rings. The van der Waals surface area contributed by atoms with Gasteiger partial charge in [0.05, 0.1) is 18.1 Å². The molecule has 5 heteroatoms. The second-order valence-electron chi connectivity index (χ2n) is 2.85. The van der Waals surface area contributed by atoms with E-state index in [1.807, 2.05) is 0 Å². The van der Waals surface area contributed by atoms with Crippen LogP contribution in [0, 0.1) is 0 Å². The van der Waals surface area contributed by atoms with Gasteiger partial charge in [-0.25, -0.2) is 4.98 Å². The van der Waals surface area contributed by atoms with Crippen molar-refractivity contribution in [2.24, 2.45) is 0 Å². The normalized spacial score (nSPS) is 10.4. The number of anilines is 1. The summed E-state index contributed by atoms with van der Waals surface area (Å²) in [7, 11) is 1.40. The number of nitrogens with two attached hydrogens (primary N) is 1. The van der Waals surface area contributed by atoms with Crippen LogP contribution in [0.4, 0.5) is 5.69 Å². The molecule has 1 aromatic carbocycles. The first-order chi connectivity index (χ1) is 6.70. The van der Waals surface area contributed by atoms with Gasteiger partial charge in [0, 0.05) is 5.69 Å².